The smallest absolute Gasteiger partial charge is 0.194 e. The summed E-state index contributed by atoms with van der Waals surface area (Å²) < 4.78 is 41.9. The van der Waals surface area contributed by atoms with Crippen molar-refractivity contribution in [2.45, 2.75) is 36.3 Å². The molecule has 2 aromatic rings. The molecule has 0 spiro atoms. The van der Waals surface area contributed by atoms with Crippen LogP contribution in [0.5, 0.6) is 0 Å². The molecule has 0 amide bonds. The van der Waals surface area contributed by atoms with Crippen LogP contribution in [0.4, 0.5) is 13.2 Å². The molecule has 0 radical (unpaired) electrons. The maximum atomic E-state index is 14.0. The summed E-state index contributed by atoms with van der Waals surface area (Å²) in [6.07, 6.45) is 3.35. The average Bonchev–Trinajstić information content (AvgIpc) is 3.16. The van der Waals surface area contributed by atoms with Gasteiger partial charge in [0.25, 0.3) is 0 Å². The molecule has 1 saturated carbocycles. The minimum absolute atomic E-state index is 0.113. The second-order valence-electron chi connectivity index (χ2n) is 6.03. The lowest BCUT2D eigenvalue weighted by Gasteiger charge is -2.34. The molecule has 1 heterocycles. The van der Waals surface area contributed by atoms with E-state index in [4.69, 9.17) is 16.9 Å². The monoisotopic (exact) mass is 355 g/mol. The first-order valence-corrected chi connectivity index (χ1v) is 7.61. The van der Waals surface area contributed by atoms with Gasteiger partial charge in [-0.1, -0.05) is 6.07 Å². The highest BCUT2D eigenvalue weighted by atomic mass is 35.5. The largest absolute Gasteiger partial charge is 0.386 e. The molecule has 1 N–H and O–H groups in total. The van der Waals surface area contributed by atoms with Crippen LogP contribution in [0, 0.1) is 28.8 Å². The fraction of sp³-hybridized carbons (Fsp3) is 0.375. The van der Waals surface area contributed by atoms with Gasteiger partial charge in [-0.3, -0.25) is 0 Å². The van der Waals surface area contributed by atoms with Gasteiger partial charge in [-0.15, -0.1) is 11.6 Å². The zero-order valence-electron chi connectivity index (χ0n) is 12.4. The lowest BCUT2D eigenvalue weighted by atomic mass is 9.88. The predicted molar refractivity (Wildman–Crippen MR) is 79.7 cm³/mol. The molecule has 8 heteroatoms. The molecule has 0 bridgehead atoms. The van der Waals surface area contributed by atoms with Crippen LogP contribution in [0.15, 0.2) is 24.7 Å². The Bertz CT molecular complexity index is 828. The summed E-state index contributed by atoms with van der Waals surface area (Å²) in [6.45, 7) is -0.113. The number of imidazole rings is 1. The van der Waals surface area contributed by atoms with Crippen molar-refractivity contribution >= 4 is 11.6 Å². The third kappa shape index (κ3) is 2.76. The number of hydrogen-bond donors (Lipinski definition) is 1. The fourth-order valence-corrected chi connectivity index (χ4v) is 2.99. The van der Waals surface area contributed by atoms with Gasteiger partial charge in [0.15, 0.2) is 17.5 Å². The van der Waals surface area contributed by atoms with Crippen LogP contribution in [0.25, 0.3) is 0 Å². The van der Waals surface area contributed by atoms with Crippen LogP contribution in [0.3, 0.4) is 0 Å². The SMILES string of the molecule is N#Cc1cncn1CC(O)(Cc1ccc(F)c(F)c1F)C1(Cl)CC1. The highest BCUT2D eigenvalue weighted by Gasteiger charge is 2.58. The zero-order chi connectivity index (χ0) is 17.5. The molecule has 4 nitrogen and oxygen atoms in total. The highest BCUT2D eigenvalue weighted by Crippen LogP contribution is 2.53. The highest BCUT2D eigenvalue weighted by molar-refractivity contribution is 6.26. The zero-order valence-corrected chi connectivity index (χ0v) is 13.2. The Hall–Kier alpha value is -2.04. The van der Waals surface area contributed by atoms with Crippen molar-refractivity contribution in [1.82, 2.24) is 9.55 Å². The number of nitriles is 1. The molecule has 1 unspecified atom stereocenters. The predicted octanol–water partition coefficient (Wildman–Crippen LogP) is 2.92. The number of halogens is 4. The van der Waals surface area contributed by atoms with Crippen molar-refractivity contribution < 1.29 is 18.3 Å². The Kier molecular flexibility index (Phi) is 4.06. The first kappa shape index (κ1) is 16.8. The van der Waals surface area contributed by atoms with Gasteiger partial charge < -0.3 is 9.67 Å². The maximum Gasteiger partial charge on any atom is 0.194 e. The van der Waals surface area contributed by atoms with Crippen molar-refractivity contribution in [2.75, 3.05) is 0 Å². The van der Waals surface area contributed by atoms with E-state index >= 15 is 0 Å². The topological polar surface area (TPSA) is 61.8 Å². The molecule has 1 atom stereocenters. The van der Waals surface area contributed by atoms with Gasteiger partial charge in [0, 0.05) is 6.42 Å². The van der Waals surface area contributed by atoms with E-state index in [1.807, 2.05) is 6.07 Å². The minimum atomic E-state index is -1.65. The summed E-state index contributed by atoms with van der Waals surface area (Å²) in [7, 11) is 0. The fourth-order valence-electron chi connectivity index (χ4n) is 2.77. The van der Waals surface area contributed by atoms with E-state index in [-0.39, 0.29) is 24.2 Å². The van der Waals surface area contributed by atoms with Crippen LogP contribution >= 0.6 is 11.6 Å². The van der Waals surface area contributed by atoms with E-state index in [0.29, 0.717) is 12.8 Å². The second-order valence-corrected chi connectivity index (χ2v) is 6.75. The van der Waals surface area contributed by atoms with Crippen molar-refractivity contribution in [3.63, 3.8) is 0 Å². The van der Waals surface area contributed by atoms with E-state index in [0.717, 1.165) is 12.1 Å². The number of aromatic nitrogens is 2. The van der Waals surface area contributed by atoms with Gasteiger partial charge in [-0.2, -0.15) is 5.26 Å². The molecule has 1 aromatic heterocycles. The summed E-state index contributed by atoms with van der Waals surface area (Å²) in [4.78, 5) is 2.82. The third-order valence-electron chi connectivity index (χ3n) is 4.38. The van der Waals surface area contributed by atoms with Gasteiger partial charge in [-0.25, -0.2) is 18.2 Å². The van der Waals surface area contributed by atoms with Crippen LogP contribution in [-0.4, -0.2) is 25.1 Å². The van der Waals surface area contributed by atoms with E-state index in [2.05, 4.69) is 4.98 Å². The van der Waals surface area contributed by atoms with Gasteiger partial charge >= 0.3 is 0 Å². The molecule has 1 fully saturated rings. The van der Waals surface area contributed by atoms with Gasteiger partial charge in [0.2, 0.25) is 0 Å². The van der Waals surface area contributed by atoms with E-state index < -0.39 is 27.9 Å². The van der Waals surface area contributed by atoms with Crippen LogP contribution in [0.1, 0.15) is 24.1 Å². The van der Waals surface area contributed by atoms with Gasteiger partial charge in [-0.05, 0) is 24.5 Å². The Labute approximate surface area is 141 Å². The first-order valence-electron chi connectivity index (χ1n) is 7.23. The molecule has 3 rings (SSSR count). The number of rotatable bonds is 5. The van der Waals surface area contributed by atoms with Crippen LogP contribution in [0.2, 0.25) is 0 Å². The van der Waals surface area contributed by atoms with Crippen molar-refractivity contribution in [3.8, 4) is 6.07 Å². The maximum absolute atomic E-state index is 14.0. The number of benzene rings is 1. The molecular formula is C16H13ClF3N3O. The normalized spacial score (nSPS) is 18.0. The molecule has 0 saturated heterocycles. The summed E-state index contributed by atoms with van der Waals surface area (Å²) in [5.41, 5.74) is -1.62. The summed E-state index contributed by atoms with van der Waals surface area (Å²) in [5, 5.41) is 20.1. The Morgan fingerprint density at radius 1 is 1.33 bits per heavy atom. The van der Waals surface area contributed by atoms with Crippen molar-refractivity contribution in [2.24, 2.45) is 0 Å². The third-order valence-corrected chi connectivity index (χ3v) is 5.11. The van der Waals surface area contributed by atoms with Crippen molar-refractivity contribution in [3.05, 3.63) is 53.4 Å². The Morgan fingerprint density at radius 3 is 2.67 bits per heavy atom. The molecule has 126 valence electrons. The first-order chi connectivity index (χ1) is 11.3. The van der Waals surface area contributed by atoms with E-state index in [1.54, 1.807) is 0 Å². The van der Waals surface area contributed by atoms with E-state index in [9.17, 15) is 18.3 Å². The minimum Gasteiger partial charge on any atom is -0.386 e. The van der Waals surface area contributed by atoms with Crippen molar-refractivity contribution in [1.29, 1.82) is 5.26 Å². The molecule has 1 aliphatic carbocycles. The molecular weight excluding hydrogens is 343 g/mol. The molecule has 0 aliphatic heterocycles. The Balaban J connectivity index is 1.96. The Morgan fingerprint density at radius 2 is 2.04 bits per heavy atom. The summed E-state index contributed by atoms with van der Waals surface area (Å²) in [6, 6.07) is 3.81. The number of hydrogen-bond acceptors (Lipinski definition) is 3. The van der Waals surface area contributed by atoms with Gasteiger partial charge in [0.05, 0.1) is 23.9 Å². The number of aliphatic hydroxyl groups is 1. The quantitative estimate of drug-likeness (QED) is 0.662. The van der Waals surface area contributed by atoms with Gasteiger partial charge in [0.1, 0.15) is 17.4 Å². The summed E-state index contributed by atoms with van der Waals surface area (Å²) >= 11 is 6.38. The second kappa shape index (κ2) is 5.80. The van der Waals surface area contributed by atoms with E-state index in [1.165, 1.54) is 17.1 Å². The molecule has 1 aromatic carbocycles. The standard InChI is InChI=1S/C16H13ClF3N3O/c17-15(3-4-15)16(24,8-23-9-22-7-11(23)6-21)5-10-1-2-12(18)14(20)13(10)19/h1-2,7,9,24H,3-5,8H2. The molecule has 24 heavy (non-hydrogen) atoms. The van der Waals surface area contributed by atoms with Crippen LogP contribution < -0.4 is 0 Å². The lowest BCUT2D eigenvalue weighted by Crippen LogP contribution is -2.47. The number of alkyl halides is 1. The molecule has 1 aliphatic rings. The number of nitrogens with zero attached hydrogens (tertiary/aromatic N) is 3. The summed E-state index contributed by atoms with van der Waals surface area (Å²) in [5.74, 6) is -4.23. The van der Waals surface area contributed by atoms with Crippen LogP contribution in [-0.2, 0) is 13.0 Å². The lowest BCUT2D eigenvalue weighted by molar-refractivity contribution is 0.00979. The average molecular weight is 356 g/mol.